The zero-order chi connectivity index (χ0) is 18.4. The number of hydrogen-bond donors (Lipinski definition) is 1. The maximum atomic E-state index is 13.0. The third-order valence-corrected chi connectivity index (χ3v) is 6.62. The van der Waals surface area contributed by atoms with Crippen molar-refractivity contribution in [3.05, 3.63) is 29.3 Å². The molecule has 0 saturated carbocycles. The number of nitrogens with zero attached hydrogens (tertiary/aromatic N) is 2. The highest BCUT2D eigenvalue weighted by Crippen LogP contribution is 2.35. The topological polar surface area (TPSA) is 83.7 Å². The Morgan fingerprint density at radius 2 is 2.04 bits per heavy atom. The van der Waals surface area contributed by atoms with Crippen molar-refractivity contribution >= 4 is 21.6 Å². The van der Waals surface area contributed by atoms with Crippen LogP contribution in [-0.4, -0.2) is 50.7 Å². The molecule has 0 aliphatic carbocycles. The van der Waals surface area contributed by atoms with Crippen LogP contribution in [0.25, 0.3) is 0 Å². The van der Waals surface area contributed by atoms with Gasteiger partial charge in [0.1, 0.15) is 0 Å². The van der Waals surface area contributed by atoms with E-state index in [0.717, 1.165) is 24.9 Å². The minimum absolute atomic E-state index is 0.00407. The van der Waals surface area contributed by atoms with Crippen molar-refractivity contribution in [3.63, 3.8) is 0 Å². The van der Waals surface area contributed by atoms with Gasteiger partial charge in [-0.25, -0.2) is 8.42 Å². The number of hydrogen-bond acceptors (Lipinski definition) is 4. The van der Waals surface area contributed by atoms with Gasteiger partial charge in [-0.05, 0) is 55.9 Å². The highest BCUT2D eigenvalue weighted by Gasteiger charge is 2.34. The molecule has 138 valence electrons. The highest BCUT2D eigenvalue weighted by atomic mass is 32.2. The predicted molar refractivity (Wildman–Crippen MR) is 99.2 cm³/mol. The summed E-state index contributed by atoms with van der Waals surface area (Å²) in [5.41, 5.74) is 8.10. The van der Waals surface area contributed by atoms with Crippen LogP contribution < -0.4 is 10.0 Å². The van der Waals surface area contributed by atoms with Gasteiger partial charge in [-0.2, -0.15) is 0 Å². The van der Waals surface area contributed by atoms with Crippen LogP contribution in [0.1, 0.15) is 42.6 Å². The SMILES string of the molecule is CC1CCN(C(=O)c2ccc3c(c2)CC(C)N3S(C)(=O)=O)C(CN)C1. The lowest BCUT2D eigenvalue weighted by atomic mass is 9.91. The van der Waals surface area contributed by atoms with Crippen molar-refractivity contribution in [1.82, 2.24) is 4.90 Å². The van der Waals surface area contributed by atoms with E-state index in [-0.39, 0.29) is 18.0 Å². The molecule has 2 aliphatic rings. The van der Waals surface area contributed by atoms with E-state index in [1.807, 2.05) is 17.9 Å². The molecule has 2 heterocycles. The van der Waals surface area contributed by atoms with E-state index in [0.29, 0.717) is 30.1 Å². The summed E-state index contributed by atoms with van der Waals surface area (Å²) in [4.78, 5) is 14.9. The Balaban J connectivity index is 1.88. The zero-order valence-corrected chi connectivity index (χ0v) is 15.9. The Labute approximate surface area is 150 Å². The number of nitrogens with two attached hydrogens (primary N) is 1. The number of likely N-dealkylation sites (tertiary alicyclic amines) is 1. The van der Waals surface area contributed by atoms with Gasteiger partial charge in [0.25, 0.3) is 5.91 Å². The van der Waals surface area contributed by atoms with E-state index in [1.165, 1.54) is 10.6 Å². The second-order valence-corrected chi connectivity index (χ2v) is 9.33. The van der Waals surface area contributed by atoms with Crippen LogP contribution in [0.2, 0.25) is 0 Å². The average molecular weight is 365 g/mol. The second kappa shape index (κ2) is 6.61. The molecule has 1 amide bonds. The fourth-order valence-electron chi connectivity index (χ4n) is 4.15. The van der Waals surface area contributed by atoms with E-state index in [9.17, 15) is 13.2 Å². The van der Waals surface area contributed by atoms with Crippen molar-refractivity contribution in [2.75, 3.05) is 23.7 Å². The normalized spacial score (nSPS) is 26.6. The first-order valence-corrected chi connectivity index (χ1v) is 10.7. The number of carbonyl (C=O) groups excluding carboxylic acids is 1. The van der Waals surface area contributed by atoms with Crippen molar-refractivity contribution in [2.45, 2.75) is 45.2 Å². The minimum Gasteiger partial charge on any atom is -0.334 e. The van der Waals surface area contributed by atoms with Gasteiger partial charge in [-0.1, -0.05) is 6.92 Å². The molecule has 3 unspecified atom stereocenters. The second-order valence-electron chi connectivity index (χ2n) is 7.47. The summed E-state index contributed by atoms with van der Waals surface area (Å²) >= 11 is 0. The van der Waals surface area contributed by atoms with Crippen molar-refractivity contribution in [2.24, 2.45) is 11.7 Å². The van der Waals surface area contributed by atoms with Crippen LogP contribution in [0.3, 0.4) is 0 Å². The lowest BCUT2D eigenvalue weighted by Gasteiger charge is -2.38. The molecule has 0 radical (unpaired) electrons. The molecule has 2 aliphatic heterocycles. The first-order valence-electron chi connectivity index (χ1n) is 8.85. The molecule has 2 N–H and O–H groups in total. The number of fused-ring (bicyclic) bond motifs is 1. The molecular weight excluding hydrogens is 338 g/mol. The van der Waals surface area contributed by atoms with E-state index in [4.69, 9.17) is 5.73 Å². The van der Waals surface area contributed by atoms with E-state index < -0.39 is 10.0 Å². The summed E-state index contributed by atoms with van der Waals surface area (Å²) < 4.78 is 25.5. The van der Waals surface area contributed by atoms with Crippen LogP contribution >= 0.6 is 0 Å². The van der Waals surface area contributed by atoms with Crippen molar-refractivity contribution in [3.8, 4) is 0 Å². The molecule has 0 spiro atoms. The summed E-state index contributed by atoms with van der Waals surface area (Å²) in [6.45, 7) is 5.28. The largest absolute Gasteiger partial charge is 0.334 e. The Bertz CT molecular complexity index is 778. The number of carbonyl (C=O) groups is 1. The Hall–Kier alpha value is -1.60. The average Bonchev–Trinajstić information content (AvgIpc) is 2.88. The summed E-state index contributed by atoms with van der Waals surface area (Å²) in [6, 6.07) is 5.31. The molecule has 6 nitrogen and oxygen atoms in total. The Morgan fingerprint density at radius 1 is 1.32 bits per heavy atom. The summed E-state index contributed by atoms with van der Waals surface area (Å²) in [7, 11) is -3.32. The van der Waals surface area contributed by atoms with Crippen molar-refractivity contribution < 1.29 is 13.2 Å². The molecule has 3 atom stereocenters. The first kappa shape index (κ1) is 18.2. The quantitative estimate of drug-likeness (QED) is 0.882. The van der Waals surface area contributed by atoms with Gasteiger partial charge in [-0.3, -0.25) is 9.10 Å². The lowest BCUT2D eigenvalue weighted by Crippen LogP contribution is -2.49. The minimum atomic E-state index is -3.32. The Morgan fingerprint density at radius 3 is 2.68 bits per heavy atom. The molecule has 1 aromatic rings. The fourth-order valence-corrected chi connectivity index (χ4v) is 5.41. The van der Waals surface area contributed by atoms with Gasteiger partial charge in [0.15, 0.2) is 0 Å². The third-order valence-electron chi connectivity index (χ3n) is 5.35. The highest BCUT2D eigenvalue weighted by molar-refractivity contribution is 7.92. The molecule has 3 rings (SSSR count). The maximum absolute atomic E-state index is 13.0. The van der Waals surface area contributed by atoms with Gasteiger partial charge >= 0.3 is 0 Å². The maximum Gasteiger partial charge on any atom is 0.254 e. The molecule has 1 aromatic carbocycles. The van der Waals surface area contributed by atoms with Crippen LogP contribution in [0, 0.1) is 5.92 Å². The standard InChI is InChI=1S/C18H27N3O3S/c1-12-6-7-20(16(8-12)11-19)18(22)14-4-5-17-15(10-14)9-13(2)21(17)25(3,23)24/h4-5,10,12-13,16H,6-9,11,19H2,1-3H3. The first-order chi connectivity index (χ1) is 11.7. The van der Waals surface area contributed by atoms with E-state index in [1.54, 1.807) is 12.1 Å². The number of sulfonamides is 1. The number of anilines is 1. The molecular formula is C18H27N3O3S. The van der Waals surface area contributed by atoms with E-state index >= 15 is 0 Å². The van der Waals surface area contributed by atoms with Crippen molar-refractivity contribution in [1.29, 1.82) is 0 Å². The van der Waals surface area contributed by atoms with Gasteiger partial charge in [0.2, 0.25) is 10.0 Å². The molecule has 25 heavy (non-hydrogen) atoms. The molecule has 7 heteroatoms. The summed E-state index contributed by atoms with van der Waals surface area (Å²) in [6.07, 6.45) is 3.78. The van der Waals surface area contributed by atoms with E-state index in [2.05, 4.69) is 6.92 Å². The molecule has 1 saturated heterocycles. The summed E-state index contributed by atoms with van der Waals surface area (Å²) in [5, 5.41) is 0. The lowest BCUT2D eigenvalue weighted by molar-refractivity contribution is 0.0573. The van der Waals surface area contributed by atoms with Crippen LogP contribution in [-0.2, 0) is 16.4 Å². The fraction of sp³-hybridized carbons (Fsp3) is 0.611. The Kier molecular flexibility index (Phi) is 4.81. The molecule has 1 fully saturated rings. The third kappa shape index (κ3) is 3.40. The number of piperidine rings is 1. The number of rotatable bonds is 3. The number of amides is 1. The number of benzene rings is 1. The predicted octanol–water partition coefficient (Wildman–Crippen LogP) is 1.60. The molecule has 0 bridgehead atoms. The smallest absolute Gasteiger partial charge is 0.254 e. The van der Waals surface area contributed by atoms with Gasteiger partial charge in [0.05, 0.1) is 11.9 Å². The summed E-state index contributed by atoms with van der Waals surface area (Å²) in [5.74, 6) is 0.581. The molecule has 0 aromatic heterocycles. The monoisotopic (exact) mass is 365 g/mol. The van der Waals surface area contributed by atoms with Gasteiger partial charge < -0.3 is 10.6 Å². The zero-order valence-electron chi connectivity index (χ0n) is 15.1. The van der Waals surface area contributed by atoms with Gasteiger partial charge in [-0.15, -0.1) is 0 Å². The van der Waals surface area contributed by atoms with Gasteiger partial charge in [0, 0.05) is 30.7 Å². The van der Waals surface area contributed by atoms with Crippen LogP contribution in [0.4, 0.5) is 5.69 Å². The van der Waals surface area contributed by atoms with Crippen LogP contribution in [0.15, 0.2) is 18.2 Å². The van der Waals surface area contributed by atoms with Crippen LogP contribution in [0.5, 0.6) is 0 Å².